The Hall–Kier alpha value is -3.87. The van der Waals surface area contributed by atoms with E-state index >= 15 is 0 Å². The Morgan fingerprint density at radius 3 is 2.41 bits per heavy atom. The third kappa shape index (κ3) is 4.52. The Morgan fingerprint density at radius 1 is 0.966 bits per heavy atom. The highest BCUT2D eigenvalue weighted by atomic mass is 16.6. The van der Waals surface area contributed by atoms with Gasteiger partial charge < -0.3 is 10.2 Å². The normalized spacial score (nSPS) is 15.3. The van der Waals surface area contributed by atoms with Crippen molar-refractivity contribution in [3.8, 4) is 0 Å². The average Bonchev–Trinajstić information content (AvgIpc) is 3.23. The molecule has 4 rings (SSSR count). The maximum absolute atomic E-state index is 12.4. The number of anilines is 1. The molecule has 1 aliphatic rings. The minimum atomic E-state index is -0.309. The lowest BCUT2D eigenvalue weighted by molar-refractivity contribution is -0.118. The molecule has 0 saturated heterocycles. The third-order valence-corrected chi connectivity index (χ3v) is 4.50. The van der Waals surface area contributed by atoms with Gasteiger partial charge in [-0.1, -0.05) is 5.16 Å². The van der Waals surface area contributed by atoms with Gasteiger partial charge in [-0.25, -0.2) is 0 Å². The van der Waals surface area contributed by atoms with Crippen molar-refractivity contribution in [2.24, 2.45) is 5.16 Å². The minimum absolute atomic E-state index is 0.115. The first kappa shape index (κ1) is 18.5. The van der Waals surface area contributed by atoms with Crippen LogP contribution in [0.1, 0.15) is 34.3 Å². The fourth-order valence-corrected chi connectivity index (χ4v) is 3.03. The Balaban J connectivity index is 1.31. The van der Waals surface area contributed by atoms with Gasteiger partial charge in [0.05, 0.1) is 12.1 Å². The van der Waals surface area contributed by atoms with Gasteiger partial charge in [-0.05, 0) is 48.5 Å². The highest BCUT2D eigenvalue weighted by Gasteiger charge is 2.25. The van der Waals surface area contributed by atoms with E-state index in [0.29, 0.717) is 23.2 Å². The first-order chi connectivity index (χ1) is 14.2. The topological polar surface area (TPSA) is 93.5 Å². The largest absolute Gasteiger partial charge is 0.391 e. The van der Waals surface area contributed by atoms with Crippen molar-refractivity contribution in [3.05, 3.63) is 90.0 Å². The lowest BCUT2D eigenvalue weighted by Crippen LogP contribution is -2.20. The summed E-state index contributed by atoms with van der Waals surface area (Å²) in [7, 11) is 0. The maximum Gasteiger partial charge on any atom is 0.228 e. The highest BCUT2D eigenvalue weighted by Crippen LogP contribution is 2.20. The third-order valence-electron chi connectivity index (χ3n) is 4.50. The molecule has 7 nitrogen and oxygen atoms in total. The molecular formula is C22H18N4O3. The Labute approximate surface area is 167 Å². The van der Waals surface area contributed by atoms with Crippen LogP contribution in [0.2, 0.25) is 0 Å². The standard InChI is InChI=1S/C22H18N4O3/c27-21(12-19-11-20(26-29-19)16-3-1-9-23-13-16)25-18-7-5-15(6-8-18)22(28)17-4-2-10-24-14-17/h1-10,13-14,19H,11-12H2,(H,25,27). The Morgan fingerprint density at radius 2 is 1.72 bits per heavy atom. The molecule has 1 aromatic carbocycles. The first-order valence-electron chi connectivity index (χ1n) is 9.17. The van der Waals surface area contributed by atoms with E-state index in [1.807, 2.05) is 12.1 Å². The van der Waals surface area contributed by atoms with Crippen LogP contribution in [0.25, 0.3) is 0 Å². The number of nitrogens with one attached hydrogen (secondary N) is 1. The molecule has 29 heavy (non-hydrogen) atoms. The van der Waals surface area contributed by atoms with Gasteiger partial charge in [0.15, 0.2) is 5.78 Å². The van der Waals surface area contributed by atoms with Gasteiger partial charge in [0.1, 0.15) is 6.10 Å². The number of nitrogens with zero attached hydrogens (tertiary/aromatic N) is 3. The molecule has 1 unspecified atom stereocenters. The highest BCUT2D eigenvalue weighted by molar-refractivity contribution is 6.09. The number of oxime groups is 1. The zero-order valence-corrected chi connectivity index (χ0v) is 15.5. The lowest BCUT2D eigenvalue weighted by atomic mass is 10.0. The average molecular weight is 386 g/mol. The van der Waals surface area contributed by atoms with Crippen molar-refractivity contribution in [3.63, 3.8) is 0 Å². The molecule has 144 valence electrons. The summed E-state index contributed by atoms with van der Waals surface area (Å²) in [6.07, 6.45) is 6.99. The molecule has 1 atom stereocenters. The monoisotopic (exact) mass is 386 g/mol. The fraction of sp³-hybridized carbons (Fsp3) is 0.136. The summed E-state index contributed by atoms with van der Waals surface area (Å²) in [6, 6.07) is 13.9. The van der Waals surface area contributed by atoms with Gasteiger partial charge in [0, 0.05) is 53.6 Å². The van der Waals surface area contributed by atoms with E-state index < -0.39 is 0 Å². The van der Waals surface area contributed by atoms with Gasteiger partial charge in [0.25, 0.3) is 0 Å². The van der Waals surface area contributed by atoms with Gasteiger partial charge in [-0.2, -0.15) is 0 Å². The van der Waals surface area contributed by atoms with Crippen LogP contribution < -0.4 is 5.32 Å². The predicted octanol–water partition coefficient (Wildman–Crippen LogP) is 3.23. The SMILES string of the molecule is O=C(CC1CC(c2cccnc2)=NO1)Nc1ccc(C(=O)c2cccnc2)cc1. The lowest BCUT2D eigenvalue weighted by Gasteiger charge is -2.09. The number of ketones is 1. The second-order valence-corrected chi connectivity index (χ2v) is 6.61. The molecule has 1 amide bonds. The number of carbonyl (C=O) groups is 2. The number of carbonyl (C=O) groups excluding carboxylic acids is 2. The summed E-state index contributed by atoms with van der Waals surface area (Å²) < 4.78 is 0. The van der Waals surface area contributed by atoms with Gasteiger partial charge in [0.2, 0.25) is 5.91 Å². The van der Waals surface area contributed by atoms with Crippen LogP contribution in [0.3, 0.4) is 0 Å². The molecule has 3 aromatic rings. The van der Waals surface area contributed by atoms with Crippen molar-refractivity contribution in [2.45, 2.75) is 18.9 Å². The van der Waals surface area contributed by atoms with E-state index in [9.17, 15) is 9.59 Å². The molecular weight excluding hydrogens is 368 g/mol. The zero-order chi connectivity index (χ0) is 20.1. The molecule has 3 heterocycles. The molecule has 1 aliphatic heterocycles. The van der Waals surface area contributed by atoms with E-state index in [-0.39, 0.29) is 24.2 Å². The molecule has 7 heteroatoms. The molecule has 0 fully saturated rings. The van der Waals surface area contributed by atoms with Crippen LogP contribution in [0.5, 0.6) is 0 Å². The van der Waals surface area contributed by atoms with Crippen LogP contribution >= 0.6 is 0 Å². The zero-order valence-electron chi connectivity index (χ0n) is 15.5. The molecule has 0 bridgehead atoms. The quantitative estimate of drug-likeness (QED) is 0.657. The predicted molar refractivity (Wildman–Crippen MR) is 108 cm³/mol. The van der Waals surface area contributed by atoms with Crippen LogP contribution in [-0.4, -0.2) is 33.5 Å². The minimum Gasteiger partial charge on any atom is -0.391 e. The van der Waals surface area contributed by atoms with Gasteiger partial charge in [-0.15, -0.1) is 0 Å². The summed E-state index contributed by atoms with van der Waals surface area (Å²) in [5.41, 5.74) is 3.35. The number of benzene rings is 1. The van der Waals surface area contributed by atoms with Gasteiger partial charge >= 0.3 is 0 Å². The summed E-state index contributed by atoms with van der Waals surface area (Å²) in [4.78, 5) is 38.1. The van der Waals surface area contributed by atoms with Crippen molar-refractivity contribution in [1.82, 2.24) is 9.97 Å². The molecule has 0 radical (unpaired) electrons. The van der Waals surface area contributed by atoms with E-state index in [4.69, 9.17) is 4.84 Å². The van der Waals surface area contributed by atoms with Crippen LogP contribution in [0, 0.1) is 0 Å². The van der Waals surface area contributed by atoms with E-state index in [1.165, 1.54) is 6.20 Å². The van der Waals surface area contributed by atoms with Crippen molar-refractivity contribution in [1.29, 1.82) is 0 Å². The summed E-state index contributed by atoms with van der Waals surface area (Å²) >= 11 is 0. The van der Waals surface area contributed by atoms with E-state index in [0.717, 1.165) is 11.3 Å². The molecule has 0 saturated carbocycles. The second kappa shape index (κ2) is 8.43. The fourth-order valence-electron chi connectivity index (χ4n) is 3.03. The van der Waals surface area contributed by atoms with Gasteiger partial charge in [-0.3, -0.25) is 19.6 Å². The number of pyridine rings is 2. The smallest absolute Gasteiger partial charge is 0.228 e. The molecule has 2 aromatic heterocycles. The first-order valence-corrected chi connectivity index (χ1v) is 9.17. The summed E-state index contributed by atoms with van der Waals surface area (Å²) in [5, 5.41) is 6.88. The Bertz CT molecular complexity index is 1030. The number of aromatic nitrogens is 2. The maximum atomic E-state index is 12.4. The summed E-state index contributed by atoms with van der Waals surface area (Å²) in [6.45, 7) is 0. The number of hydrogen-bond donors (Lipinski definition) is 1. The molecule has 0 aliphatic carbocycles. The van der Waals surface area contributed by atoms with Crippen LogP contribution in [0.4, 0.5) is 5.69 Å². The van der Waals surface area contributed by atoms with E-state index in [2.05, 4.69) is 20.4 Å². The summed E-state index contributed by atoms with van der Waals surface area (Å²) in [5.74, 6) is -0.292. The molecule has 0 spiro atoms. The van der Waals surface area contributed by atoms with Crippen LogP contribution in [-0.2, 0) is 9.63 Å². The van der Waals surface area contributed by atoms with E-state index in [1.54, 1.807) is 55.0 Å². The number of hydrogen-bond acceptors (Lipinski definition) is 6. The number of amides is 1. The van der Waals surface area contributed by atoms with Crippen molar-refractivity contribution in [2.75, 3.05) is 5.32 Å². The van der Waals surface area contributed by atoms with Crippen LogP contribution in [0.15, 0.2) is 78.5 Å². The number of rotatable bonds is 6. The van der Waals surface area contributed by atoms with Crippen molar-refractivity contribution < 1.29 is 14.4 Å². The Kier molecular flexibility index (Phi) is 5.38. The molecule has 1 N–H and O–H groups in total. The van der Waals surface area contributed by atoms with Crippen molar-refractivity contribution >= 4 is 23.1 Å². The second-order valence-electron chi connectivity index (χ2n) is 6.61.